The van der Waals surface area contributed by atoms with E-state index in [0.717, 1.165) is 105 Å². The van der Waals surface area contributed by atoms with Gasteiger partial charge in [0, 0.05) is 66.7 Å². The van der Waals surface area contributed by atoms with Crippen LogP contribution >= 0.6 is 0 Å². The maximum Gasteiger partial charge on any atom is 0.298 e. The highest BCUT2D eigenvalue weighted by molar-refractivity contribution is 7.87. The van der Waals surface area contributed by atoms with Crippen LogP contribution in [0.25, 0.3) is 22.2 Å². The number of piperidine rings is 1. The average molecular weight is 722 g/mol. The van der Waals surface area contributed by atoms with Crippen molar-refractivity contribution in [1.29, 1.82) is 0 Å². The number of carbonyl (C=O) groups is 2. The van der Waals surface area contributed by atoms with E-state index in [0.29, 0.717) is 18.4 Å². The largest absolute Gasteiger partial charge is 0.497 e. The molecular weight excluding hydrogens is 675 g/mol. The van der Waals surface area contributed by atoms with Gasteiger partial charge in [0.05, 0.1) is 18.2 Å². The number of nitrogens with one attached hydrogen (secondary N) is 1. The number of amides is 2. The predicted molar refractivity (Wildman–Crippen MR) is 200 cm³/mol. The molecule has 0 radical (unpaired) electrons. The third-order valence-corrected chi connectivity index (χ3v) is 13.3. The third-order valence-electron chi connectivity index (χ3n) is 12.8. The van der Waals surface area contributed by atoms with Crippen LogP contribution in [0.1, 0.15) is 90.3 Å². The van der Waals surface area contributed by atoms with Gasteiger partial charge in [0.15, 0.2) is 0 Å². The number of ether oxygens (including phenoxy) is 1. The molecule has 4 atom stereocenters. The monoisotopic (exact) mass is 721 g/mol. The van der Waals surface area contributed by atoms with E-state index >= 15 is 4.79 Å². The van der Waals surface area contributed by atoms with Gasteiger partial charge in [0.1, 0.15) is 5.75 Å². The zero-order valence-electron chi connectivity index (χ0n) is 29.7. The Morgan fingerprint density at radius 2 is 1.77 bits per heavy atom. The Morgan fingerprint density at radius 3 is 2.54 bits per heavy atom. The predicted octanol–water partition coefficient (Wildman–Crippen LogP) is 5.91. The summed E-state index contributed by atoms with van der Waals surface area (Å²) >= 11 is 0. The lowest BCUT2D eigenvalue weighted by Crippen LogP contribution is -2.52. The van der Waals surface area contributed by atoms with E-state index in [2.05, 4.69) is 56.8 Å². The smallest absolute Gasteiger partial charge is 0.298 e. The molecule has 9 rings (SSSR count). The van der Waals surface area contributed by atoms with Crippen LogP contribution in [0.2, 0.25) is 0 Å². The van der Waals surface area contributed by atoms with E-state index in [-0.39, 0.29) is 23.4 Å². The molecule has 2 saturated carbocycles. The van der Waals surface area contributed by atoms with E-state index in [4.69, 9.17) is 9.88 Å². The van der Waals surface area contributed by atoms with Crippen LogP contribution in [0.5, 0.6) is 5.75 Å². The number of carbonyl (C=O) groups excluding carboxylic acids is 2. The van der Waals surface area contributed by atoms with Crippen LogP contribution in [0, 0.1) is 11.3 Å². The molecule has 0 spiro atoms. The Balaban J connectivity index is 1.16. The molecule has 4 fully saturated rings. The van der Waals surface area contributed by atoms with Crippen molar-refractivity contribution in [2.45, 2.75) is 82.3 Å². The Labute approximate surface area is 305 Å². The standard InChI is InChI=1S/C41H47N5O5S/c1-51-30-15-17-31-33(20-30)34-21-41(34,40(48)45-18-8-13-29-23-44(24-36(29)45)22-26-9-4-2-5-10-26)25-46-35-19-28(39(47)43-52(42,49)50)14-16-32(35)37(38(31)46)27-11-6-3-7-12-27/h2,4-5,9-10,14-17,19-20,27,29,34,36H,3,6-8,11-13,18,21-25H2,1H3,(H,43,47)(H2,42,49,50)/t29-,34?,36+,41?/m0/s1. The second-order valence-electron chi connectivity index (χ2n) is 15.9. The molecular formula is C41H47N5O5S. The van der Waals surface area contributed by atoms with Crippen LogP contribution in [-0.2, 0) is 28.1 Å². The van der Waals surface area contributed by atoms with Crippen molar-refractivity contribution in [2.24, 2.45) is 16.5 Å². The van der Waals surface area contributed by atoms with Crippen molar-refractivity contribution < 1.29 is 22.7 Å². The van der Waals surface area contributed by atoms with Crippen molar-refractivity contribution >= 4 is 32.9 Å². The first-order chi connectivity index (χ1) is 25.1. The van der Waals surface area contributed by atoms with Crippen molar-refractivity contribution in [1.82, 2.24) is 19.1 Å². The highest BCUT2D eigenvalue weighted by Crippen LogP contribution is 2.66. The number of methoxy groups -OCH3 is 1. The number of nitrogens with two attached hydrogens (primary N) is 1. The van der Waals surface area contributed by atoms with Crippen molar-refractivity contribution in [3.05, 3.63) is 89.0 Å². The fourth-order valence-corrected chi connectivity index (χ4v) is 10.8. The number of fused-ring (bicyclic) bond motifs is 8. The van der Waals surface area contributed by atoms with E-state index in [1.54, 1.807) is 19.2 Å². The van der Waals surface area contributed by atoms with Gasteiger partial charge in [0.25, 0.3) is 16.1 Å². The molecule has 5 aliphatic rings. The van der Waals surface area contributed by atoms with Crippen LogP contribution in [0.3, 0.4) is 0 Å². The molecule has 4 heterocycles. The summed E-state index contributed by atoms with van der Waals surface area (Å²) in [7, 11) is -2.55. The molecule has 4 aromatic rings. The first-order valence-corrected chi connectivity index (χ1v) is 20.4. The van der Waals surface area contributed by atoms with Crippen LogP contribution in [0.15, 0.2) is 66.7 Å². The zero-order chi connectivity index (χ0) is 35.8. The molecule has 272 valence electrons. The molecule has 2 aliphatic carbocycles. The molecule has 3 aromatic carbocycles. The summed E-state index contributed by atoms with van der Waals surface area (Å²) < 4.78 is 33.7. The number of nitrogens with zero attached hydrogens (tertiary/aromatic N) is 3. The van der Waals surface area contributed by atoms with Gasteiger partial charge in [-0.15, -0.1) is 0 Å². The molecule has 1 aromatic heterocycles. The highest BCUT2D eigenvalue weighted by atomic mass is 32.2. The Kier molecular flexibility index (Phi) is 8.24. The number of benzene rings is 3. The molecule has 2 amide bonds. The zero-order valence-corrected chi connectivity index (χ0v) is 30.5. The fourth-order valence-electron chi connectivity index (χ4n) is 10.4. The lowest BCUT2D eigenvalue weighted by Gasteiger charge is -2.39. The van der Waals surface area contributed by atoms with Gasteiger partial charge < -0.3 is 14.2 Å². The Hall–Kier alpha value is -4.19. The molecule has 2 saturated heterocycles. The molecule has 3 N–H and O–H groups in total. The second-order valence-corrected chi connectivity index (χ2v) is 17.2. The van der Waals surface area contributed by atoms with Gasteiger partial charge >= 0.3 is 0 Å². The minimum Gasteiger partial charge on any atom is -0.497 e. The molecule has 10 nitrogen and oxygen atoms in total. The Bertz CT molecular complexity index is 2180. The second kappa shape index (κ2) is 12.7. The first-order valence-electron chi connectivity index (χ1n) is 18.9. The van der Waals surface area contributed by atoms with Crippen molar-refractivity contribution in [3.8, 4) is 17.0 Å². The molecule has 11 heteroatoms. The summed E-state index contributed by atoms with van der Waals surface area (Å²) in [6, 6.07) is 22.6. The molecule has 2 unspecified atom stereocenters. The Morgan fingerprint density at radius 1 is 0.962 bits per heavy atom. The number of hydrogen-bond donors (Lipinski definition) is 2. The van der Waals surface area contributed by atoms with Gasteiger partial charge in [-0.25, -0.2) is 9.86 Å². The first kappa shape index (κ1) is 33.6. The molecule has 0 bridgehead atoms. The topological polar surface area (TPSA) is 127 Å². The van der Waals surface area contributed by atoms with E-state index in [9.17, 15) is 13.2 Å². The quantitative estimate of drug-likeness (QED) is 0.245. The highest BCUT2D eigenvalue weighted by Gasteiger charge is 2.65. The van der Waals surface area contributed by atoms with Gasteiger partial charge in [-0.2, -0.15) is 8.42 Å². The van der Waals surface area contributed by atoms with Gasteiger partial charge in [-0.05, 0) is 91.0 Å². The summed E-state index contributed by atoms with van der Waals surface area (Å²) in [4.78, 5) is 33.3. The summed E-state index contributed by atoms with van der Waals surface area (Å²) in [6.45, 7) is 4.03. The maximum atomic E-state index is 15.3. The summed E-state index contributed by atoms with van der Waals surface area (Å²) in [5.41, 5.74) is 6.39. The van der Waals surface area contributed by atoms with E-state index in [1.165, 1.54) is 17.5 Å². The van der Waals surface area contributed by atoms with Crippen molar-refractivity contribution in [2.75, 3.05) is 26.7 Å². The van der Waals surface area contributed by atoms with Gasteiger partial charge in [-0.3, -0.25) is 14.5 Å². The lowest BCUT2D eigenvalue weighted by atomic mass is 9.81. The fraction of sp³-hybridized carbons (Fsp3) is 0.463. The number of likely N-dealkylation sites (tertiary alicyclic amines) is 2. The SMILES string of the molecule is COc1ccc2c(c1)C1CC1(C(=O)N1CCC[C@H]3CN(Cc4ccccc4)C[C@H]31)Cn1c-2c(C2CCCCC2)c2ccc(C(=O)NS(N)(=O)=O)cc21. The number of aromatic nitrogens is 1. The summed E-state index contributed by atoms with van der Waals surface area (Å²) in [5.74, 6) is 1.07. The lowest BCUT2D eigenvalue weighted by molar-refractivity contribution is -0.142. The molecule has 3 aliphatic heterocycles. The van der Waals surface area contributed by atoms with E-state index in [1.807, 2.05) is 16.9 Å². The normalized spacial score (nSPS) is 25.8. The summed E-state index contributed by atoms with van der Waals surface area (Å²) in [5, 5.41) is 6.26. The maximum absolute atomic E-state index is 15.3. The average Bonchev–Trinajstić information content (AvgIpc) is 3.63. The van der Waals surface area contributed by atoms with Gasteiger partial charge in [0.2, 0.25) is 5.91 Å². The van der Waals surface area contributed by atoms with Crippen LogP contribution in [0.4, 0.5) is 0 Å². The van der Waals surface area contributed by atoms with E-state index < -0.39 is 21.5 Å². The molecule has 52 heavy (non-hydrogen) atoms. The van der Waals surface area contributed by atoms with Gasteiger partial charge in [-0.1, -0.05) is 55.7 Å². The minimum absolute atomic E-state index is 0.0373. The minimum atomic E-state index is -4.24. The number of hydrogen-bond acceptors (Lipinski definition) is 6. The summed E-state index contributed by atoms with van der Waals surface area (Å²) in [6.07, 6.45) is 8.58. The van der Waals surface area contributed by atoms with Crippen LogP contribution in [-0.4, -0.2) is 67.4 Å². The number of rotatable bonds is 7. The van der Waals surface area contributed by atoms with Crippen molar-refractivity contribution in [3.63, 3.8) is 0 Å². The van der Waals surface area contributed by atoms with Crippen LogP contribution < -0.4 is 14.6 Å². The third kappa shape index (κ3) is 5.72.